The van der Waals surface area contributed by atoms with Gasteiger partial charge in [0.25, 0.3) is 11.7 Å². The molecule has 1 aliphatic heterocycles. The molecule has 0 spiro atoms. The van der Waals surface area contributed by atoms with Crippen molar-refractivity contribution in [2.24, 2.45) is 0 Å². The zero-order valence-corrected chi connectivity index (χ0v) is 16.2. The third-order valence-corrected chi connectivity index (χ3v) is 5.21. The van der Waals surface area contributed by atoms with E-state index in [1.54, 1.807) is 36.7 Å². The van der Waals surface area contributed by atoms with Gasteiger partial charge in [0, 0.05) is 23.6 Å². The number of hydrogen-bond donors (Lipinski definition) is 1. The molecule has 5 nitrogen and oxygen atoms in total. The number of aliphatic hydroxyl groups is 1. The Kier molecular flexibility index (Phi) is 5.14. The predicted octanol–water partition coefficient (Wildman–Crippen LogP) is 4.41. The monoisotopic (exact) mass is 402 g/mol. The number of aryl methyl sites for hydroxylation is 1. The number of halogens is 1. The Morgan fingerprint density at radius 2 is 1.63 bits per heavy atom. The van der Waals surface area contributed by atoms with Crippen LogP contribution < -0.4 is 4.90 Å². The highest BCUT2D eigenvalue weighted by Gasteiger charge is 2.46. The van der Waals surface area contributed by atoms with E-state index in [9.17, 15) is 19.1 Å². The van der Waals surface area contributed by atoms with Gasteiger partial charge in [-0.25, -0.2) is 4.39 Å². The number of hydrogen-bond acceptors (Lipinski definition) is 4. The predicted molar refractivity (Wildman–Crippen MR) is 111 cm³/mol. The summed E-state index contributed by atoms with van der Waals surface area (Å²) in [7, 11) is 0. The highest BCUT2D eigenvalue weighted by atomic mass is 19.1. The number of rotatable bonds is 4. The summed E-state index contributed by atoms with van der Waals surface area (Å²) in [5, 5.41) is 11.0. The lowest BCUT2D eigenvalue weighted by Gasteiger charge is -2.25. The number of ketones is 1. The van der Waals surface area contributed by atoms with Crippen LogP contribution >= 0.6 is 0 Å². The van der Waals surface area contributed by atoms with E-state index in [4.69, 9.17) is 0 Å². The highest BCUT2D eigenvalue weighted by Crippen LogP contribution is 2.41. The molecule has 6 heteroatoms. The Morgan fingerprint density at radius 1 is 1.00 bits per heavy atom. The summed E-state index contributed by atoms with van der Waals surface area (Å²) in [5.74, 6) is -2.28. The summed E-state index contributed by atoms with van der Waals surface area (Å²) in [6, 6.07) is 15.0. The Labute approximate surface area is 173 Å². The van der Waals surface area contributed by atoms with E-state index in [-0.39, 0.29) is 11.3 Å². The number of carbonyl (C=O) groups is 2. The van der Waals surface area contributed by atoms with Gasteiger partial charge >= 0.3 is 0 Å². The molecule has 3 aromatic rings. The van der Waals surface area contributed by atoms with E-state index in [1.165, 1.54) is 29.2 Å². The number of Topliss-reactive ketones (excluding diaryl/α,β-unsaturated/α-hetero) is 1. The van der Waals surface area contributed by atoms with Crippen LogP contribution in [0.3, 0.4) is 0 Å². The van der Waals surface area contributed by atoms with E-state index in [2.05, 4.69) is 4.98 Å². The van der Waals surface area contributed by atoms with Crippen molar-refractivity contribution in [1.82, 2.24) is 4.98 Å². The van der Waals surface area contributed by atoms with Crippen LogP contribution in [-0.2, 0) is 16.0 Å². The first-order chi connectivity index (χ1) is 14.5. The lowest BCUT2D eigenvalue weighted by atomic mass is 9.95. The first-order valence-electron chi connectivity index (χ1n) is 9.57. The minimum absolute atomic E-state index is 0.0141. The van der Waals surface area contributed by atoms with Gasteiger partial charge in [-0.05, 0) is 53.9 Å². The molecule has 4 rings (SSSR count). The van der Waals surface area contributed by atoms with Gasteiger partial charge in [-0.3, -0.25) is 19.5 Å². The van der Waals surface area contributed by atoms with Crippen LogP contribution in [-0.4, -0.2) is 21.8 Å². The molecule has 30 heavy (non-hydrogen) atoms. The van der Waals surface area contributed by atoms with Crippen molar-refractivity contribution >= 4 is 23.1 Å². The van der Waals surface area contributed by atoms with Crippen molar-refractivity contribution in [2.75, 3.05) is 4.90 Å². The number of pyridine rings is 1. The van der Waals surface area contributed by atoms with Gasteiger partial charge in [0.2, 0.25) is 0 Å². The second-order valence-electron chi connectivity index (χ2n) is 6.98. The van der Waals surface area contributed by atoms with Crippen LogP contribution in [0, 0.1) is 5.82 Å². The maximum absolute atomic E-state index is 13.4. The lowest BCUT2D eigenvalue weighted by molar-refractivity contribution is -0.132. The van der Waals surface area contributed by atoms with Crippen LogP contribution in [0.15, 0.2) is 78.6 Å². The van der Waals surface area contributed by atoms with Gasteiger partial charge in [0.15, 0.2) is 0 Å². The normalized spacial score (nSPS) is 18.1. The summed E-state index contributed by atoms with van der Waals surface area (Å²) in [4.78, 5) is 31.2. The second kappa shape index (κ2) is 7.91. The van der Waals surface area contributed by atoms with Crippen molar-refractivity contribution < 1.29 is 19.1 Å². The molecule has 1 unspecified atom stereocenters. The maximum Gasteiger partial charge on any atom is 0.300 e. The van der Waals surface area contributed by atoms with Gasteiger partial charge in [-0.1, -0.05) is 31.2 Å². The zero-order chi connectivity index (χ0) is 21.3. The minimum Gasteiger partial charge on any atom is -0.507 e. The summed E-state index contributed by atoms with van der Waals surface area (Å²) >= 11 is 0. The SMILES string of the molecule is CCc1ccc(/C(O)=C2/C(=O)C(=O)N(c3ccc(F)cc3)C2c2ccncc2)cc1. The van der Waals surface area contributed by atoms with E-state index < -0.39 is 23.5 Å². The van der Waals surface area contributed by atoms with Crippen LogP contribution in [0.5, 0.6) is 0 Å². The average Bonchev–Trinajstić information content (AvgIpc) is 3.05. The Hall–Kier alpha value is -3.80. The molecule has 1 atom stereocenters. The number of aromatic nitrogens is 1. The molecular formula is C24H19FN2O3. The van der Waals surface area contributed by atoms with Crippen molar-refractivity contribution in [1.29, 1.82) is 0 Å². The number of nitrogens with zero attached hydrogens (tertiary/aromatic N) is 2. The first-order valence-corrected chi connectivity index (χ1v) is 9.57. The standard InChI is InChI=1S/C24H19FN2O3/c1-2-15-3-5-17(6-4-15)22(28)20-21(16-11-13-26-14-12-16)27(24(30)23(20)29)19-9-7-18(25)8-10-19/h3-14,21,28H,2H2,1H3/b22-20-. The maximum atomic E-state index is 13.4. The fraction of sp³-hybridized carbons (Fsp3) is 0.125. The average molecular weight is 402 g/mol. The topological polar surface area (TPSA) is 70.5 Å². The van der Waals surface area contributed by atoms with E-state index >= 15 is 0 Å². The van der Waals surface area contributed by atoms with Gasteiger partial charge in [-0.15, -0.1) is 0 Å². The van der Waals surface area contributed by atoms with E-state index in [0.29, 0.717) is 16.8 Å². The molecular weight excluding hydrogens is 383 g/mol. The van der Waals surface area contributed by atoms with Crippen molar-refractivity contribution in [3.05, 3.63) is 101 Å². The largest absolute Gasteiger partial charge is 0.507 e. The molecule has 1 aliphatic rings. The first kappa shape index (κ1) is 19.5. The van der Waals surface area contributed by atoms with Crippen LogP contribution in [0.1, 0.15) is 29.7 Å². The fourth-order valence-electron chi connectivity index (χ4n) is 3.62. The quantitative estimate of drug-likeness (QED) is 0.399. The highest BCUT2D eigenvalue weighted by molar-refractivity contribution is 6.51. The Bertz CT molecular complexity index is 1120. The third-order valence-electron chi connectivity index (χ3n) is 5.21. The van der Waals surface area contributed by atoms with E-state index in [0.717, 1.165) is 12.0 Å². The smallest absolute Gasteiger partial charge is 0.300 e. The van der Waals surface area contributed by atoms with E-state index in [1.807, 2.05) is 19.1 Å². The van der Waals surface area contributed by atoms with Gasteiger partial charge in [0.1, 0.15) is 11.6 Å². The lowest BCUT2D eigenvalue weighted by Crippen LogP contribution is -2.29. The zero-order valence-electron chi connectivity index (χ0n) is 16.2. The summed E-state index contributed by atoms with van der Waals surface area (Å²) in [6.45, 7) is 2.02. The molecule has 1 fully saturated rings. The number of amides is 1. The molecule has 1 saturated heterocycles. The van der Waals surface area contributed by atoms with Crippen LogP contribution in [0.25, 0.3) is 5.76 Å². The number of anilines is 1. The molecule has 0 radical (unpaired) electrons. The molecule has 0 saturated carbocycles. The molecule has 2 heterocycles. The third kappa shape index (κ3) is 3.37. The van der Waals surface area contributed by atoms with Crippen LogP contribution in [0.4, 0.5) is 10.1 Å². The molecule has 1 amide bonds. The van der Waals surface area contributed by atoms with Gasteiger partial charge < -0.3 is 5.11 Å². The summed E-state index contributed by atoms with van der Waals surface area (Å²) in [5.41, 5.74) is 2.49. The molecule has 1 aromatic heterocycles. The molecule has 0 bridgehead atoms. The minimum atomic E-state index is -0.857. The summed E-state index contributed by atoms with van der Waals surface area (Å²) < 4.78 is 13.4. The van der Waals surface area contributed by atoms with Gasteiger partial charge in [-0.2, -0.15) is 0 Å². The van der Waals surface area contributed by atoms with Crippen LogP contribution in [0.2, 0.25) is 0 Å². The Balaban J connectivity index is 1.90. The Morgan fingerprint density at radius 3 is 2.23 bits per heavy atom. The van der Waals surface area contributed by atoms with Crippen molar-refractivity contribution in [3.63, 3.8) is 0 Å². The number of aliphatic hydroxyl groups excluding tert-OH is 1. The van der Waals surface area contributed by atoms with Gasteiger partial charge in [0.05, 0.1) is 11.6 Å². The fourth-order valence-corrected chi connectivity index (χ4v) is 3.62. The van der Waals surface area contributed by atoms with Crippen molar-refractivity contribution in [3.8, 4) is 0 Å². The molecule has 0 aliphatic carbocycles. The molecule has 150 valence electrons. The van der Waals surface area contributed by atoms with Crippen molar-refractivity contribution in [2.45, 2.75) is 19.4 Å². The number of benzene rings is 2. The number of carbonyl (C=O) groups excluding carboxylic acids is 2. The second-order valence-corrected chi connectivity index (χ2v) is 6.98. The summed E-state index contributed by atoms with van der Waals surface area (Å²) in [6.07, 6.45) is 3.94. The molecule has 1 N–H and O–H groups in total. The molecule has 2 aromatic carbocycles.